The average Bonchev–Trinajstić information content (AvgIpc) is 2.81. The van der Waals surface area contributed by atoms with Gasteiger partial charge in [0.15, 0.2) is 0 Å². The molecule has 1 aliphatic heterocycles. The molecule has 1 unspecified atom stereocenters. The van der Waals surface area contributed by atoms with Crippen LogP contribution in [0.3, 0.4) is 0 Å². The number of pyridine rings is 1. The van der Waals surface area contributed by atoms with Crippen LogP contribution in [0.25, 0.3) is 11.3 Å². The third kappa shape index (κ3) is 2.27. The van der Waals surface area contributed by atoms with Gasteiger partial charge in [0.25, 0.3) is 0 Å². The minimum absolute atomic E-state index is 0.252. The Bertz CT molecular complexity index is 625. The Morgan fingerprint density at radius 2 is 2.10 bits per heavy atom. The van der Waals surface area contributed by atoms with E-state index < -0.39 is 0 Å². The van der Waals surface area contributed by atoms with E-state index in [0.717, 1.165) is 29.1 Å². The van der Waals surface area contributed by atoms with Crippen LogP contribution in [-0.4, -0.2) is 18.1 Å². The van der Waals surface area contributed by atoms with E-state index in [2.05, 4.69) is 18.0 Å². The average molecular weight is 272 g/mol. The second kappa shape index (κ2) is 5.21. The van der Waals surface area contributed by atoms with Crippen LogP contribution in [0.5, 0.6) is 5.75 Å². The first-order valence-corrected chi connectivity index (χ1v) is 6.81. The second-order valence-corrected chi connectivity index (χ2v) is 5.14. The summed E-state index contributed by atoms with van der Waals surface area (Å²) in [6.07, 6.45) is 0.730. The Morgan fingerprint density at radius 3 is 2.80 bits per heavy atom. The maximum atomic E-state index is 13.1. The van der Waals surface area contributed by atoms with Gasteiger partial charge in [0.05, 0.1) is 6.61 Å². The molecule has 0 aliphatic carbocycles. The largest absolute Gasteiger partial charge is 0.490 e. The third-order valence-corrected chi connectivity index (χ3v) is 3.58. The highest BCUT2D eigenvalue weighted by atomic mass is 19.1. The molecule has 2 N–H and O–H groups in total. The highest BCUT2D eigenvalue weighted by molar-refractivity contribution is 5.69. The summed E-state index contributed by atoms with van der Waals surface area (Å²) in [7, 11) is 0. The molecule has 104 valence electrons. The zero-order valence-corrected chi connectivity index (χ0v) is 11.4. The molecule has 1 aromatic heterocycles. The molecule has 0 saturated heterocycles. The monoisotopic (exact) mass is 272 g/mol. The lowest BCUT2D eigenvalue weighted by Gasteiger charge is -2.10. The molecule has 1 aliphatic rings. The van der Waals surface area contributed by atoms with Crippen molar-refractivity contribution in [1.29, 1.82) is 0 Å². The van der Waals surface area contributed by atoms with Gasteiger partial charge in [-0.2, -0.15) is 0 Å². The summed E-state index contributed by atoms with van der Waals surface area (Å²) in [6.45, 7) is 3.35. The molecular formula is C16H17FN2O. The van der Waals surface area contributed by atoms with E-state index >= 15 is 0 Å². The first-order valence-electron chi connectivity index (χ1n) is 6.81. The maximum absolute atomic E-state index is 13.1. The smallest absolute Gasteiger partial charge is 0.149 e. The fourth-order valence-corrected chi connectivity index (χ4v) is 2.50. The highest BCUT2D eigenvalue weighted by Crippen LogP contribution is 2.40. The van der Waals surface area contributed by atoms with E-state index in [1.807, 2.05) is 0 Å². The van der Waals surface area contributed by atoms with Crippen molar-refractivity contribution in [2.75, 3.05) is 13.2 Å². The minimum Gasteiger partial charge on any atom is -0.490 e. The number of rotatable bonds is 3. The van der Waals surface area contributed by atoms with Gasteiger partial charge in [-0.25, -0.2) is 9.37 Å². The molecule has 4 heteroatoms. The fraction of sp³-hybridized carbons (Fsp3) is 0.312. The van der Waals surface area contributed by atoms with Gasteiger partial charge < -0.3 is 10.5 Å². The molecule has 0 radical (unpaired) electrons. The van der Waals surface area contributed by atoms with Crippen LogP contribution in [0.15, 0.2) is 30.3 Å². The summed E-state index contributed by atoms with van der Waals surface area (Å²) in [4.78, 5) is 4.64. The number of aromatic nitrogens is 1. The number of fused-ring (bicyclic) bond motifs is 1. The van der Waals surface area contributed by atoms with Gasteiger partial charge in [-0.15, -0.1) is 0 Å². The van der Waals surface area contributed by atoms with Crippen molar-refractivity contribution in [3.05, 3.63) is 47.4 Å². The number of halogens is 1. The highest BCUT2D eigenvalue weighted by Gasteiger charge is 2.25. The van der Waals surface area contributed by atoms with E-state index in [4.69, 9.17) is 10.5 Å². The number of nitrogens with zero attached hydrogens (tertiary/aromatic N) is 1. The zero-order valence-electron chi connectivity index (χ0n) is 11.4. The Labute approximate surface area is 117 Å². The van der Waals surface area contributed by atoms with E-state index in [-0.39, 0.29) is 5.82 Å². The summed E-state index contributed by atoms with van der Waals surface area (Å²) in [6, 6.07) is 8.43. The van der Waals surface area contributed by atoms with E-state index in [1.165, 1.54) is 17.7 Å². The van der Waals surface area contributed by atoms with Crippen LogP contribution in [0.2, 0.25) is 0 Å². The molecule has 3 nitrogen and oxygen atoms in total. The van der Waals surface area contributed by atoms with Crippen molar-refractivity contribution >= 4 is 0 Å². The SMILES string of the molecule is CC1COc2c1cc(CCN)nc2-c1ccc(F)cc1. The van der Waals surface area contributed by atoms with Gasteiger partial charge in [0.2, 0.25) is 0 Å². The summed E-state index contributed by atoms with van der Waals surface area (Å²) in [5.74, 6) is 0.923. The molecule has 3 rings (SSSR count). The molecule has 1 atom stereocenters. The van der Waals surface area contributed by atoms with Gasteiger partial charge in [-0.3, -0.25) is 0 Å². The molecule has 0 bridgehead atoms. The molecule has 20 heavy (non-hydrogen) atoms. The molecule has 2 heterocycles. The number of hydrogen-bond acceptors (Lipinski definition) is 3. The summed E-state index contributed by atoms with van der Waals surface area (Å²) < 4.78 is 18.8. The summed E-state index contributed by atoms with van der Waals surface area (Å²) >= 11 is 0. The normalized spacial score (nSPS) is 16.9. The first-order chi connectivity index (χ1) is 9.69. The Balaban J connectivity index is 2.13. The van der Waals surface area contributed by atoms with Crippen LogP contribution < -0.4 is 10.5 Å². The van der Waals surface area contributed by atoms with Gasteiger partial charge >= 0.3 is 0 Å². The van der Waals surface area contributed by atoms with Gasteiger partial charge in [-0.1, -0.05) is 6.92 Å². The van der Waals surface area contributed by atoms with Crippen molar-refractivity contribution in [3.8, 4) is 17.0 Å². The standard InChI is InChI=1S/C16H17FN2O/c1-10-9-20-16-14(10)8-13(6-7-18)19-15(16)11-2-4-12(17)5-3-11/h2-5,8,10H,6-7,9,18H2,1H3. The summed E-state index contributed by atoms with van der Waals surface area (Å²) in [5, 5.41) is 0. The van der Waals surface area contributed by atoms with Gasteiger partial charge in [0.1, 0.15) is 17.3 Å². The molecule has 0 spiro atoms. The molecule has 2 aromatic rings. The summed E-state index contributed by atoms with van der Waals surface area (Å²) in [5.41, 5.74) is 9.42. The van der Waals surface area contributed by atoms with Crippen molar-refractivity contribution < 1.29 is 9.13 Å². The Kier molecular flexibility index (Phi) is 3.40. The Morgan fingerprint density at radius 1 is 1.35 bits per heavy atom. The van der Waals surface area contributed by atoms with Gasteiger partial charge in [0, 0.05) is 29.2 Å². The van der Waals surface area contributed by atoms with Crippen LogP contribution in [-0.2, 0) is 6.42 Å². The van der Waals surface area contributed by atoms with E-state index in [0.29, 0.717) is 19.1 Å². The molecule has 0 saturated carbocycles. The van der Waals surface area contributed by atoms with Crippen molar-refractivity contribution in [3.63, 3.8) is 0 Å². The third-order valence-electron chi connectivity index (χ3n) is 3.58. The van der Waals surface area contributed by atoms with Crippen molar-refractivity contribution in [2.45, 2.75) is 19.3 Å². The molecule has 0 amide bonds. The predicted octanol–water partition coefficient (Wildman–Crippen LogP) is 2.88. The number of ether oxygens (including phenoxy) is 1. The van der Waals surface area contributed by atoms with E-state index in [1.54, 1.807) is 12.1 Å². The lowest BCUT2D eigenvalue weighted by molar-refractivity contribution is 0.337. The number of nitrogens with two attached hydrogens (primary N) is 1. The first kappa shape index (κ1) is 13.1. The zero-order chi connectivity index (χ0) is 14.1. The number of hydrogen-bond donors (Lipinski definition) is 1. The predicted molar refractivity (Wildman–Crippen MR) is 76.3 cm³/mol. The quantitative estimate of drug-likeness (QED) is 0.934. The van der Waals surface area contributed by atoms with Crippen molar-refractivity contribution in [1.82, 2.24) is 4.98 Å². The van der Waals surface area contributed by atoms with Gasteiger partial charge in [-0.05, 0) is 36.9 Å². The van der Waals surface area contributed by atoms with E-state index in [9.17, 15) is 4.39 Å². The lowest BCUT2D eigenvalue weighted by atomic mass is 9.99. The topological polar surface area (TPSA) is 48.1 Å². The van der Waals surface area contributed by atoms with Crippen LogP contribution in [0.4, 0.5) is 4.39 Å². The molecule has 1 aromatic carbocycles. The maximum Gasteiger partial charge on any atom is 0.149 e. The van der Waals surface area contributed by atoms with Crippen LogP contribution in [0.1, 0.15) is 24.1 Å². The molecule has 0 fully saturated rings. The second-order valence-electron chi connectivity index (χ2n) is 5.14. The number of benzene rings is 1. The van der Waals surface area contributed by atoms with Crippen LogP contribution >= 0.6 is 0 Å². The minimum atomic E-state index is -0.252. The lowest BCUT2D eigenvalue weighted by Crippen LogP contribution is -2.06. The fourth-order valence-electron chi connectivity index (χ4n) is 2.50. The van der Waals surface area contributed by atoms with Crippen LogP contribution in [0, 0.1) is 5.82 Å². The van der Waals surface area contributed by atoms with Crippen molar-refractivity contribution in [2.24, 2.45) is 5.73 Å². The molecular weight excluding hydrogens is 255 g/mol. The Hall–Kier alpha value is -1.94.